The van der Waals surface area contributed by atoms with E-state index in [2.05, 4.69) is 11.0 Å². The van der Waals surface area contributed by atoms with Gasteiger partial charge in [-0.2, -0.15) is 5.26 Å². The van der Waals surface area contributed by atoms with Crippen LogP contribution in [0.1, 0.15) is 31.2 Å². The van der Waals surface area contributed by atoms with E-state index in [1.165, 1.54) is 4.90 Å². The minimum Gasteiger partial charge on any atom is -0.508 e. The Bertz CT molecular complexity index is 639. The molecule has 1 amide bonds. The zero-order valence-corrected chi connectivity index (χ0v) is 13.7. The maximum atomic E-state index is 11.0. The average Bonchev–Trinajstić information content (AvgIpc) is 2.62. The second kappa shape index (κ2) is 6.70. The second-order valence-corrected chi connectivity index (χ2v) is 6.78. The number of rotatable bonds is 2. The van der Waals surface area contributed by atoms with Crippen LogP contribution in [0, 0.1) is 11.3 Å². The van der Waals surface area contributed by atoms with Crippen LogP contribution < -0.4 is 0 Å². The molecule has 1 aromatic rings. The maximum Gasteiger partial charge on any atom is 0.407 e. The number of nitriles is 1. The van der Waals surface area contributed by atoms with Crippen LogP contribution >= 0.6 is 0 Å². The molecule has 128 valence electrons. The largest absolute Gasteiger partial charge is 0.508 e. The lowest BCUT2D eigenvalue weighted by Crippen LogP contribution is -2.53. The lowest BCUT2D eigenvalue weighted by Gasteiger charge is -2.43. The number of hydrogen-bond donors (Lipinski definition) is 2. The number of aromatic hydroxyl groups is 1. The summed E-state index contributed by atoms with van der Waals surface area (Å²) in [5, 5.41) is 28.5. The number of amides is 1. The Morgan fingerprint density at radius 1 is 1.21 bits per heavy atom. The highest BCUT2D eigenvalue weighted by Crippen LogP contribution is 2.41. The predicted molar refractivity (Wildman–Crippen MR) is 88.8 cm³/mol. The lowest BCUT2D eigenvalue weighted by molar-refractivity contribution is 0.0672. The molecular weight excluding hydrogens is 306 g/mol. The van der Waals surface area contributed by atoms with Gasteiger partial charge in [0, 0.05) is 32.2 Å². The summed E-state index contributed by atoms with van der Waals surface area (Å²) in [5.74, 6) is 0.203. The minimum atomic E-state index is -0.842. The van der Waals surface area contributed by atoms with E-state index in [0.717, 1.165) is 44.3 Å². The molecule has 0 spiro atoms. The van der Waals surface area contributed by atoms with Gasteiger partial charge >= 0.3 is 6.09 Å². The van der Waals surface area contributed by atoms with Crippen molar-refractivity contribution < 1.29 is 15.0 Å². The molecule has 1 saturated heterocycles. The fourth-order valence-electron chi connectivity index (χ4n) is 4.01. The Hall–Kier alpha value is -2.26. The van der Waals surface area contributed by atoms with Crippen molar-refractivity contribution in [3.63, 3.8) is 0 Å². The van der Waals surface area contributed by atoms with Crippen molar-refractivity contribution in [1.82, 2.24) is 9.80 Å². The first-order valence-corrected chi connectivity index (χ1v) is 8.47. The smallest absolute Gasteiger partial charge is 0.407 e. The number of benzene rings is 1. The molecule has 1 heterocycles. The SMILES string of the molecule is N#C[C@]1(c2cccc(O)c2)CC[C@H](N2CCN(C(=O)O)CC2)CC1. The van der Waals surface area contributed by atoms with Crippen molar-refractivity contribution >= 4 is 6.09 Å². The zero-order valence-electron chi connectivity index (χ0n) is 13.7. The Balaban J connectivity index is 1.63. The molecule has 2 fully saturated rings. The van der Waals surface area contributed by atoms with E-state index < -0.39 is 11.5 Å². The molecular formula is C18H23N3O3. The van der Waals surface area contributed by atoms with Gasteiger partial charge in [-0.3, -0.25) is 4.90 Å². The van der Waals surface area contributed by atoms with E-state index in [1.807, 2.05) is 6.07 Å². The van der Waals surface area contributed by atoms with Gasteiger partial charge in [-0.25, -0.2) is 4.79 Å². The molecule has 2 aliphatic rings. The lowest BCUT2D eigenvalue weighted by atomic mass is 9.69. The number of carboxylic acid groups (broad SMARTS) is 1. The van der Waals surface area contributed by atoms with Gasteiger partial charge in [-0.1, -0.05) is 12.1 Å². The molecule has 0 aromatic heterocycles. The number of phenols is 1. The van der Waals surface area contributed by atoms with Gasteiger partial charge in [0.05, 0.1) is 11.5 Å². The van der Waals surface area contributed by atoms with Crippen LogP contribution in [0.5, 0.6) is 5.75 Å². The van der Waals surface area contributed by atoms with Crippen molar-refractivity contribution in [2.45, 2.75) is 37.1 Å². The van der Waals surface area contributed by atoms with E-state index in [9.17, 15) is 15.2 Å². The van der Waals surface area contributed by atoms with Crippen LogP contribution in [0.4, 0.5) is 4.79 Å². The summed E-state index contributed by atoms with van der Waals surface area (Å²) in [6.07, 6.45) is 2.56. The molecule has 1 aliphatic carbocycles. The Morgan fingerprint density at radius 3 is 2.42 bits per heavy atom. The number of piperazine rings is 1. The highest BCUT2D eigenvalue weighted by atomic mass is 16.4. The van der Waals surface area contributed by atoms with E-state index in [0.29, 0.717) is 19.1 Å². The summed E-state index contributed by atoms with van der Waals surface area (Å²) in [5.41, 5.74) is 0.386. The van der Waals surface area contributed by atoms with Gasteiger partial charge in [0.25, 0.3) is 0 Å². The second-order valence-electron chi connectivity index (χ2n) is 6.78. The Kier molecular flexibility index (Phi) is 4.63. The highest BCUT2D eigenvalue weighted by molar-refractivity contribution is 5.65. The topological polar surface area (TPSA) is 87.8 Å². The van der Waals surface area contributed by atoms with Crippen molar-refractivity contribution in [2.75, 3.05) is 26.2 Å². The quantitative estimate of drug-likeness (QED) is 0.870. The highest BCUT2D eigenvalue weighted by Gasteiger charge is 2.39. The molecule has 24 heavy (non-hydrogen) atoms. The third-order valence-electron chi connectivity index (χ3n) is 5.52. The van der Waals surface area contributed by atoms with E-state index in [1.54, 1.807) is 18.2 Å². The summed E-state index contributed by atoms with van der Waals surface area (Å²) in [4.78, 5) is 14.8. The number of nitrogens with zero attached hydrogens (tertiary/aromatic N) is 3. The molecule has 0 atom stereocenters. The number of hydrogen-bond acceptors (Lipinski definition) is 4. The van der Waals surface area contributed by atoms with Gasteiger partial charge in [-0.05, 0) is 43.4 Å². The molecule has 1 saturated carbocycles. The summed E-state index contributed by atoms with van der Waals surface area (Å²) in [7, 11) is 0. The first-order chi connectivity index (χ1) is 11.5. The van der Waals surface area contributed by atoms with E-state index >= 15 is 0 Å². The van der Waals surface area contributed by atoms with Crippen LogP contribution in [-0.2, 0) is 5.41 Å². The zero-order chi connectivity index (χ0) is 17.2. The van der Waals surface area contributed by atoms with Gasteiger partial charge in [0.2, 0.25) is 0 Å². The average molecular weight is 329 g/mol. The first-order valence-electron chi connectivity index (χ1n) is 8.47. The number of carbonyl (C=O) groups is 1. The number of phenolic OH excluding ortho intramolecular Hbond substituents is 1. The standard InChI is InChI=1S/C18H23N3O3/c19-13-18(14-2-1-3-16(22)12-14)6-4-15(5-7-18)20-8-10-21(11-9-20)17(23)24/h1-3,12,15,22H,4-11H2,(H,23,24)/t15-,18-. The summed E-state index contributed by atoms with van der Waals surface area (Å²) < 4.78 is 0. The normalized spacial score (nSPS) is 28.3. The molecule has 0 radical (unpaired) electrons. The van der Waals surface area contributed by atoms with Gasteiger partial charge in [0.15, 0.2) is 0 Å². The van der Waals surface area contributed by atoms with E-state index in [4.69, 9.17) is 5.11 Å². The van der Waals surface area contributed by atoms with Gasteiger partial charge in [-0.15, -0.1) is 0 Å². The fraction of sp³-hybridized carbons (Fsp3) is 0.556. The van der Waals surface area contributed by atoms with Crippen molar-refractivity contribution in [1.29, 1.82) is 5.26 Å². The Labute approximate surface area is 141 Å². The van der Waals surface area contributed by atoms with Crippen LogP contribution in [0.3, 0.4) is 0 Å². The van der Waals surface area contributed by atoms with Crippen LogP contribution in [-0.4, -0.2) is 58.3 Å². The summed E-state index contributed by atoms with van der Waals surface area (Å²) in [6.45, 7) is 2.65. The summed E-state index contributed by atoms with van der Waals surface area (Å²) in [6, 6.07) is 9.96. The fourth-order valence-corrected chi connectivity index (χ4v) is 4.01. The van der Waals surface area contributed by atoms with Crippen LogP contribution in [0.25, 0.3) is 0 Å². The minimum absolute atomic E-state index is 0.203. The molecule has 3 rings (SSSR count). The van der Waals surface area contributed by atoms with Crippen molar-refractivity contribution in [3.8, 4) is 11.8 Å². The molecule has 0 unspecified atom stereocenters. The van der Waals surface area contributed by atoms with E-state index in [-0.39, 0.29) is 5.75 Å². The monoisotopic (exact) mass is 329 g/mol. The van der Waals surface area contributed by atoms with Gasteiger partial charge in [0.1, 0.15) is 5.75 Å². The summed E-state index contributed by atoms with van der Waals surface area (Å²) >= 11 is 0. The first kappa shape index (κ1) is 16.6. The molecule has 0 bridgehead atoms. The van der Waals surface area contributed by atoms with Gasteiger partial charge < -0.3 is 15.1 Å². The van der Waals surface area contributed by atoms with Crippen molar-refractivity contribution in [2.24, 2.45) is 0 Å². The maximum absolute atomic E-state index is 11.0. The third kappa shape index (κ3) is 3.17. The molecule has 1 aromatic carbocycles. The molecule has 2 N–H and O–H groups in total. The Morgan fingerprint density at radius 2 is 1.88 bits per heavy atom. The third-order valence-corrected chi connectivity index (χ3v) is 5.52. The van der Waals surface area contributed by atoms with Crippen molar-refractivity contribution in [3.05, 3.63) is 29.8 Å². The predicted octanol–water partition coefficient (Wildman–Crippen LogP) is 2.39. The molecule has 1 aliphatic heterocycles. The van der Waals surface area contributed by atoms with Crippen LogP contribution in [0.15, 0.2) is 24.3 Å². The van der Waals surface area contributed by atoms with Crippen LogP contribution in [0.2, 0.25) is 0 Å². The molecule has 6 nitrogen and oxygen atoms in total. The molecule has 6 heteroatoms.